The van der Waals surface area contributed by atoms with E-state index in [9.17, 15) is 0 Å². The van der Waals surface area contributed by atoms with Gasteiger partial charge in [-0.15, -0.1) is 0 Å². The molecule has 1 N–H and O–H groups in total. The maximum absolute atomic E-state index is 5.71. The highest BCUT2D eigenvalue weighted by atomic mass is 16.3. The summed E-state index contributed by atoms with van der Waals surface area (Å²) in [7, 11) is 0. The molecule has 116 valence electrons. The molecule has 0 saturated carbocycles. The largest absolute Gasteiger partial charge is 0.464 e. The van der Waals surface area contributed by atoms with E-state index in [4.69, 9.17) is 4.42 Å². The second-order valence-corrected chi connectivity index (χ2v) is 7.64. The fourth-order valence-corrected chi connectivity index (χ4v) is 2.47. The number of benzene rings is 1. The van der Waals surface area contributed by atoms with Crippen LogP contribution in [0.3, 0.4) is 0 Å². The summed E-state index contributed by atoms with van der Waals surface area (Å²) in [4.78, 5) is 0. The Morgan fingerprint density at radius 3 is 2.43 bits per heavy atom. The van der Waals surface area contributed by atoms with Gasteiger partial charge in [0.15, 0.2) is 0 Å². The lowest BCUT2D eigenvalue weighted by molar-refractivity contribution is 0.429. The van der Waals surface area contributed by atoms with Crippen molar-refractivity contribution in [2.75, 3.05) is 6.54 Å². The zero-order valence-electron chi connectivity index (χ0n) is 14.3. The Morgan fingerprint density at radius 1 is 1.10 bits per heavy atom. The molecule has 0 fully saturated rings. The molecule has 2 rings (SSSR count). The normalized spacial score (nSPS) is 13.0. The lowest BCUT2D eigenvalue weighted by Gasteiger charge is -2.23. The molecular formula is C19H29NO. The molecule has 0 aliphatic heterocycles. The van der Waals surface area contributed by atoms with E-state index in [0.29, 0.717) is 0 Å². The van der Waals surface area contributed by atoms with Crippen molar-refractivity contribution < 1.29 is 4.42 Å². The van der Waals surface area contributed by atoms with Crippen LogP contribution in [-0.4, -0.2) is 12.1 Å². The molecule has 0 unspecified atom stereocenters. The van der Waals surface area contributed by atoms with Gasteiger partial charge < -0.3 is 9.73 Å². The Labute approximate surface area is 128 Å². The van der Waals surface area contributed by atoms with Gasteiger partial charge in [-0.1, -0.05) is 26.8 Å². The highest BCUT2D eigenvalue weighted by molar-refractivity contribution is 5.82. The smallest absolute Gasteiger partial charge is 0.134 e. The second-order valence-electron chi connectivity index (χ2n) is 7.64. The van der Waals surface area contributed by atoms with Crippen LogP contribution in [0.1, 0.15) is 59.1 Å². The molecule has 2 nitrogen and oxygen atoms in total. The number of fused-ring (bicyclic) bond motifs is 1. The summed E-state index contributed by atoms with van der Waals surface area (Å²) >= 11 is 0. The van der Waals surface area contributed by atoms with Gasteiger partial charge in [0, 0.05) is 10.9 Å². The van der Waals surface area contributed by atoms with Crippen molar-refractivity contribution >= 4 is 11.0 Å². The molecule has 1 aromatic heterocycles. The third-order valence-electron chi connectivity index (χ3n) is 4.37. The standard InChI is InChI=1S/C19H29NO/c1-7-19(5,6)15-8-9-17-16(12-15)14(13-21-17)10-11-20-18(2,3)4/h8-9,12-13,20H,7,10-11H2,1-6H3. The van der Waals surface area contributed by atoms with Gasteiger partial charge in [-0.25, -0.2) is 0 Å². The number of furan rings is 1. The summed E-state index contributed by atoms with van der Waals surface area (Å²) in [6.07, 6.45) is 4.05. The van der Waals surface area contributed by atoms with Crippen LogP contribution in [0, 0.1) is 0 Å². The third kappa shape index (κ3) is 3.88. The molecule has 1 aromatic carbocycles. The quantitative estimate of drug-likeness (QED) is 0.832. The second kappa shape index (κ2) is 5.84. The van der Waals surface area contributed by atoms with Crippen LogP contribution >= 0.6 is 0 Å². The first kappa shape index (κ1) is 16.1. The first-order chi connectivity index (χ1) is 9.73. The predicted octanol–water partition coefficient (Wildman–Crippen LogP) is 5.05. The Balaban J connectivity index is 2.23. The van der Waals surface area contributed by atoms with Crippen molar-refractivity contribution in [2.45, 2.75) is 65.3 Å². The van der Waals surface area contributed by atoms with Gasteiger partial charge in [-0.3, -0.25) is 0 Å². The van der Waals surface area contributed by atoms with E-state index in [2.05, 4.69) is 65.1 Å². The molecule has 2 aromatic rings. The van der Waals surface area contributed by atoms with Crippen molar-refractivity contribution in [3.8, 4) is 0 Å². The molecular weight excluding hydrogens is 258 g/mol. The van der Waals surface area contributed by atoms with Crippen LogP contribution in [0.25, 0.3) is 11.0 Å². The zero-order valence-corrected chi connectivity index (χ0v) is 14.3. The maximum atomic E-state index is 5.71. The zero-order chi connectivity index (χ0) is 15.7. The van der Waals surface area contributed by atoms with E-state index in [1.807, 2.05) is 6.26 Å². The predicted molar refractivity (Wildman–Crippen MR) is 91.0 cm³/mol. The minimum Gasteiger partial charge on any atom is -0.464 e. The summed E-state index contributed by atoms with van der Waals surface area (Å²) in [5, 5.41) is 4.81. The van der Waals surface area contributed by atoms with E-state index in [1.165, 1.54) is 16.5 Å². The summed E-state index contributed by atoms with van der Waals surface area (Å²) in [5.41, 5.74) is 4.07. The number of hydrogen-bond acceptors (Lipinski definition) is 2. The van der Waals surface area contributed by atoms with Crippen molar-refractivity contribution in [3.63, 3.8) is 0 Å². The lowest BCUT2D eigenvalue weighted by atomic mass is 9.81. The lowest BCUT2D eigenvalue weighted by Crippen LogP contribution is -2.37. The van der Waals surface area contributed by atoms with Crippen molar-refractivity contribution in [2.24, 2.45) is 0 Å². The first-order valence-corrected chi connectivity index (χ1v) is 7.98. The van der Waals surface area contributed by atoms with E-state index in [0.717, 1.165) is 25.0 Å². The maximum Gasteiger partial charge on any atom is 0.134 e. The van der Waals surface area contributed by atoms with Crippen LogP contribution < -0.4 is 5.32 Å². The summed E-state index contributed by atoms with van der Waals surface area (Å²) in [6.45, 7) is 14.4. The topological polar surface area (TPSA) is 25.2 Å². The molecule has 0 aliphatic carbocycles. The Bertz CT molecular complexity index is 602. The molecule has 2 heteroatoms. The molecule has 0 aliphatic rings. The molecule has 0 spiro atoms. The Hall–Kier alpha value is -1.28. The minimum absolute atomic E-state index is 0.162. The molecule has 21 heavy (non-hydrogen) atoms. The van der Waals surface area contributed by atoms with Gasteiger partial charge in [0.2, 0.25) is 0 Å². The third-order valence-corrected chi connectivity index (χ3v) is 4.37. The van der Waals surface area contributed by atoms with Crippen LogP contribution in [0.5, 0.6) is 0 Å². The summed E-state index contributed by atoms with van der Waals surface area (Å²) in [5.74, 6) is 0. The van der Waals surface area contributed by atoms with Gasteiger partial charge in [0.1, 0.15) is 5.58 Å². The van der Waals surface area contributed by atoms with Crippen LogP contribution in [0.2, 0.25) is 0 Å². The fraction of sp³-hybridized carbons (Fsp3) is 0.579. The van der Waals surface area contributed by atoms with E-state index in [1.54, 1.807) is 0 Å². The first-order valence-electron chi connectivity index (χ1n) is 7.98. The number of rotatable bonds is 5. The summed E-state index contributed by atoms with van der Waals surface area (Å²) in [6, 6.07) is 6.63. The van der Waals surface area contributed by atoms with Gasteiger partial charge in [0.05, 0.1) is 6.26 Å². The molecule has 0 radical (unpaired) electrons. The van der Waals surface area contributed by atoms with Crippen molar-refractivity contribution in [1.29, 1.82) is 0 Å². The van der Waals surface area contributed by atoms with E-state index < -0.39 is 0 Å². The molecule has 1 heterocycles. The summed E-state index contributed by atoms with van der Waals surface area (Å²) < 4.78 is 5.71. The highest BCUT2D eigenvalue weighted by Crippen LogP contribution is 2.31. The minimum atomic E-state index is 0.162. The van der Waals surface area contributed by atoms with Gasteiger partial charge >= 0.3 is 0 Å². The average molecular weight is 287 g/mol. The van der Waals surface area contributed by atoms with Gasteiger partial charge in [-0.05, 0) is 68.8 Å². The average Bonchev–Trinajstić information content (AvgIpc) is 2.80. The molecule has 0 bridgehead atoms. The Kier molecular flexibility index (Phi) is 4.48. The molecule has 0 atom stereocenters. The molecule has 0 saturated heterocycles. The van der Waals surface area contributed by atoms with Gasteiger partial charge in [0.25, 0.3) is 0 Å². The number of nitrogens with one attached hydrogen (secondary N) is 1. The number of hydrogen-bond donors (Lipinski definition) is 1. The highest BCUT2D eigenvalue weighted by Gasteiger charge is 2.19. The monoisotopic (exact) mass is 287 g/mol. The molecule has 0 amide bonds. The van der Waals surface area contributed by atoms with E-state index in [-0.39, 0.29) is 11.0 Å². The fourth-order valence-electron chi connectivity index (χ4n) is 2.47. The van der Waals surface area contributed by atoms with Gasteiger partial charge in [-0.2, -0.15) is 0 Å². The van der Waals surface area contributed by atoms with Crippen LogP contribution in [-0.2, 0) is 11.8 Å². The van der Waals surface area contributed by atoms with E-state index >= 15 is 0 Å². The van der Waals surface area contributed by atoms with Crippen molar-refractivity contribution in [1.82, 2.24) is 5.32 Å². The SMILES string of the molecule is CCC(C)(C)c1ccc2occ(CCNC(C)(C)C)c2c1. The van der Waals surface area contributed by atoms with Crippen molar-refractivity contribution in [3.05, 3.63) is 35.6 Å². The van der Waals surface area contributed by atoms with Crippen LogP contribution in [0.4, 0.5) is 0 Å². The van der Waals surface area contributed by atoms with Crippen LogP contribution in [0.15, 0.2) is 28.9 Å². The Morgan fingerprint density at radius 2 is 1.81 bits per heavy atom.